The molecule has 2 aromatic heterocycles. The highest BCUT2D eigenvalue weighted by Gasteiger charge is 2.00. The lowest BCUT2D eigenvalue weighted by molar-refractivity contribution is 0.463. The van der Waals surface area contributed by atoms with Crippen LogP contribution in [-0.2, 0) is 6.54 Å². The van der Waals surface area contributed by atoms with Crippen LogP contribution >= 0.6 is 0 Å². The van der Waals surface area contributed by atoms with Crippen LogP contribution in [0, 0.1) is 6.92 Å². The van der Waals surface area contributed by atoms with E-state index in [9.17, 15) is 0 Å². The molecule has 0 bridgehead atoms. The van der Waals surface area contributed by atoms with Crippen molar-refractivity contribution in [2.75, 3.05) is 5.32 Å². The number of hydrogen-bond acceptors (Lipinski definition) is 4. The fourth-order valence-electron chi connectivity index (χ4n) is 2.04. The van der Waals surface area contributed by atoms with Crippen molar-refractivity contribution in [2.45, 2.75) is 13.5 Å². The fourth-order valence-corrected chi connectivity index (χ4v) is 2.04. The normalized spacial score (nSPS) is 10.2. The number of aromatic nitrogens is 2. The third-order valence-corrected chi connectivity index (χ3v) is 3.15. The van der Waals surface area contributed by atoms with Crippen molar-refractivity contribution in [1.29, 1.82) is 0 Å². The largest absolute Gasteiger partial charge is 0.439 e. The lowest BCUT2D eigenvalue weighted by atomic mass is 10.2. The molecule has 110 valence electrons. The molecule has 0 saturated carbocycles. The van der Waals surface area contributed by atoms with Crippen molar-refractivity contribution in [3.8, 4) is 11.6 Å². The van der Waals surface area contributed by atoms with Gasteiger partial charge in [0.25, 0.3) is 0 Å². The molecule has 0 aliphatic carbocycles. The number of nitrogens with zero attached hydrogens (tertiary/aromatic N) is 2. The second-order valence-electron chi connectivity index (χ2n) is 4.98. The van der Waals surface area contributed by atoms with Gasteiger partial charge >= 0.3 is 0 Å². The van der Waals surface area contributed by atoms with Crippen molar-refractivity contribution in [3.05, 3.63) is 78.2 Å². The Bertz CT molecular complexity index is 727. The van der Waals surface area contributed by atoms with Gasteiger partial charge in [0.15, 0.2) is 0 Å². The predicted molar refractivity (Wildman–Crippen MR) is 87.1 cm³/mol. The van der Waals surface area contributed by atoms with Gasteiger partial charge in [-0.25, -0.2) is 4.98 Å². The number of aryl methyl sites for hydroxylation is 1. The highest BCUT2D eigenvalue weighted by atomic mass is 16.5. The summed E-state index contributed by atoms with van der Waals surface area (Å²) >= 11 is 0. The number of benzene rings is 1. The minimum atomic E-state index is 0.578. The smallest absolute Gasteiger partial charge is 0.219 e. The maximum absolute atomic E-state index is 5.73. The summed E-state index contributed by atoms with van der Waals surface area (Å²) in [5.41, 5.74) is 3.08. The van der Waals surface area contributed by atoms with Crippen LogP contribution in [0.2, 0.25) is 0 Å². The zero-order valence-corrected chi connectivity index (χ0v) is 12.4. The summed E-state index contributed by atoms with van der Waals surface area (Å²) < 4.78 is 5.73. The number of pyridine rings is 2. The molecular formula is C18H17N3O. The van der Waals surface area contributed by atoms with Gasteiger partial charge in [-0.3, -0.25) is 4.98 Å². The molecule has 0 spiro atoms. The molecule has 0 aliphatic heterocycles. The molecule has 3 rings (SSSR count). The lowest BCUT2D eigenvalue weighted by Gasteiger charge is -2.08. The van der Waals surface area contributed by atoms with Crippen molar-refractivity contribution in [1.82, 2.24) is 9.97 Å². The maximum Gasteiger partial charge on any atom is 0.219 e. The van der Waals surface area contributed by atoms with Crippen LogP contribution in [0.5, 0.6) is 11.6 Å². The Kier molecular flexibility index (Phi) is 4.30. The van der Waals surface area contributed by atoms with E-state index in [1.54, 1.807) is 12.4 Å². The van der Waals surface area contributed by atoms with E-state index in [-0.39, 0.29) is 0 Å². The summed E-state index contributed by atoms with van der Waals surface area (Å²) in [4.78, 5) is 8.58. The number of nitrogens with one attached hydrogen (secondary N) is 1. The first-order chi connectivity index (χ1) is 10.8. The first-order valence-electron chi connectivity index (χ1n) is 7.14. The average Bonchev–Trinajstić information content (AvgIpc) is 2.55. The van der Waals surface area contributed by atoms with Crippen LogP contribution in [0.3, 0.4) is 0 Å². The zero-order valence-electron chi connectivity index (χ0n) is 12.4. The molecule has 4 heteroatoms. The first-order valence-corrected chi connectivity index (χ1v) is 7.14. The molecule has 1 aromatic carbocycles. The second kappa shape index (κ2) is 6.72. The Hall–Kier alpha value is -2.88. The quantitative estimate of drug-likeness (QED) is 0.765. The third-order valence-electron chi connectivity index (χ3n) is 3.15. The summed E-state index contributed by atoms with van der Waals surface area (Å²) in [6.45, 7) is 2.70. The molecule has 3 aromatic rings. The van der Waals surface area contributed by atoms with Crippen LogP contribution in [-0.4, -0.2) is 9.97 Å². The highest BCUT2D eigenvalue weighted by molar-refractivity contribution is 5.43. The van der Waals surface area contributed by atoms with Crippen LogP contribution in [0.15, 0.2) is 67.0 Å². The summed E-state index contributed by atoms with van der Waals surface area (Å²) in [5, 5.41) is 3.28. The molecule has 1 N–H and O–H groups in total. The van der Waals surface area contributed by atoms with E-state index in [1.807, 2.05) is 61.5 Å². The van der Waals surface area contributed by atoms with E-state index >= 15 is 0 Å². The van der Waals surface area contributed by atoms with Gasteiger partial charge in [-0.2, -0.15) is 0 Å². The molecule has 0 amide bonds. The number of ether oxygens (including phenoxy) is 1. The molecule has 0 unspecified atom stereocenters. The summed E-state index contributed by atoms with van der Waals surface area (Å²) in [6, 6.07) is 17.6. The number of rotatable bonds is 5. The Morgan fingerprint density at radius 3 is 2.68 bits per heavy atom. The Labute approximate surface area is 129 Å². The lowest BCUT2D eigenvalue weighted by Crippen LogP contribution is -2.01. The number of anilines is 1. The zero-order chi connectivity index (χ0) is 15.2. The van der Waals surface area contributed by atoms with Crippen molar-refractivity contribution < 1.29 is 4.74 Å². The Morgan fingerprint density at radius 2 is 1.95 bits per heavy atom. The highest BCUT2D eigenvalue weighted by Crippen LogP contribution is 2.21. The van der Waals surface area contributed by atoms with Crippen molar-refractivity contribution in [2.24, 2.45) is 0 Å². The summed E-state index contributed by atoms with van der Waals surface area (Å²) in [7, 11) is 0. The fraction of sp³-hybridized carbons (Fsp3) is 0.111. The van der Waals surface area contributed by atoms with Crippen LogP contribution < -0.4 is 10.1 Å². The SMILES string of the molecule is Cc1cccc(Oc2ccc(NCc3ccccn3)cn2)c1. The monoisotopic (exact) mass is 291 g/mol. The molecular weight excluding hydrogens is 274 g/mol. The maximum atomic E-state index is 5.73. The molecule has 2 heterocycles. The van der Waals surface area contributed by atoms with Gasteiger partial charge < -0.3 is 10.1 Å². The van der Waals surface area contributed by atoms with Crippen LogP contribution in [0.1, 0.15) is 11.3 Å². The predicted octanol–water partition coefficient (Wildman–Crippen LogP) is 4.19. The van der Waals surface area contributed by atoms with Gasteiger partial charge in [-0.1, -0.05) is 18.2 Å². The average molecular weight is 291 g/mol. The van der Waals surface area contributed by atoms with Gasteiger partial charge in [-0.05, 0) is 42.8 Å². The standard InChI is InChI=1S/C18H17N3O/c1-14-5-4-7-17(11-14)22-18-9-8-16(13-21-18)20-12-15-6-2-3-10-19-15/h2-11,13,20H,12H2,1H3. The minimum Gasteiger partial charge on any atom is -0.439 e. The van der Waals surface area contributed by atoms with E-state index in [2.05, 4.69) is 15.3 Å². The van der Waals surface area contributed by atoms with Gasteiger partial charge in [0, 0.05) is 12.3 Å². The first kappa shape index (κ1) is 14.1. The van der Waals surface area contributed by atoms with Crippen molar-refractivity contribution >= 4 is 5.69 Å². The molecule has 0 atom stereocenters. The summed E-state index contributed by atoms with van der Waals surface area (Å²) in [5.74, 6) is 1.37. The topological polar surface area (TPSA) is 47.0 Å². The summed E-state index contributed by atoms with van der Waals surface area (Å²) in [6.07, 6.45) is 3.54. The van der Waals surface area contributed by atoms with Gasteiger partial charge in [0.05, 0.1) is 24.1 Å². The van der Waals surface area contributed by atoms with Crippen molar-refractivity contribution in [3.63, 3.8) is 0 Å². The van der Waals surface area contributed by atoms with Crippen LogP contribution in [0.25, 0.3) is 0 Å². The second-order valence-corrected chi connectivity index (χ2v) is 4.98. The van der Waals surface area contributed by atoms with E-state index < -0.39 is 0 Å². The minimum absolute atomic E-state index is 0.578. The molecule has 22 heavy (non-hydrogen) atoms. The third kappa shape index (κ3) is 3.82. The number of hydrogen-bond donors (Lipinski definition) is 1. The molecule has 0 fully saturated rings. The Morgan fingerprint density at radius 1 is 1.00 bits per heavy atom. The molecule has 0 aliphatic rings. The van der Waals surface area contributed by atoms with Gasteiger partial charge in [-0.15, -0.1) is 0 Å². The van der Waals surface area contributed by atoms with E-state index in [0.717, 1.165) is 22.7 Å². The Balaban J connectivity index is 1.60. The molecule has 4 nitrogen and oxygen atoms in total. The van der Waals surface area contributed by atoms with Crippen LogP contribution in [0.4, 0.5) is 5.69 Å². The van der Waals surface area contributed by atoms with Gasteiger partial charge in [0.1, 0.15) is 5.75 Å². The van der Waals surface area contributed by atoms with Gasteiger partial charge in [0.2, 0.25) is 5.88 Å². The van der Waals surface area contributed by atoms with E-state index in [4.69, 9.17) is 4.74 Å². The molecule has 0 saturated heterocycles. The van der Waals surface area contributed by atoms with E-state index in [1.165, 1.54) is 0 Å². The molecule has 0 radical (unpaired) electrons. The van der Waals surface area contributed by atoms with E-state index in [0.29, 0.717) is 12.4 Å².